The van der Waals surface area contributed by atoms with Crippen LogP contribution in [0.2, 0.25) is 0 Å². The first kappa shape index (κ1) is 14.4. The van der Waals surface area contributed by atoms with Crippen LogP contribution in [0.4, 0.5) is 11.4 Å². The van der Waals surface area contributed by atoms with Crippen molar-refractivity contribution in [2.75, 3.05) is 5.43 Å². The molecule has 4 rings (SSSR count). The van der Waals surface area contributed by atoms with E-state index < -0.39 is 0 Å². The number of hydrazone groups is 1. The van der Waals surface area contributed by atoms with Gasteiger partial charge in [0, 0.05) is 6.21 Å². The number of nitrogens with zero attached hydrogens (tertiary/aromatic N) is 2. The molecule has 0 spiro atoms. The Morgan fingerprint density at radius 3 is 2.25 bits per heavy atom. The van der Waals surface area contributed by atoms with Crippen LogP contribution in [-0.4, -0.2) is 11.9 Å². The zero-order valence-electron chi connectivity index (χ0n) is 13.1. The van der Waals surface area contributed by atoms with Crippen LogP contribution in [0.15, 0.2) is 95.0 Å². The fraction of sp³-hybridized carbons (Fsp3) is 0.0476. The van der Waals surface area contributed by atoms with Gasteiger partial charge < -0.3 is 0 Å². The predicted molar refractivity (Wildman–Crippen MR) is 100 cm³/mol. The molecule has 0 unspecified atom stereocenters. The number of aliphatic imine (C=N–C) groups is 1. The summed E-state index contributed by atoms with van der Waals surface area (Å²) in [7, 11) is 0. The number of fused-ring (bicyclic) bond motifs is 1. The lowest BCUT2D eigenvalue weighted by molar-refractivity contribution is 1.24. The van der Waals surface area contributed by atoms with E-state index in [4.69, 9.17) is 4.99 Å². The van der Waals surface area contributed by atoms with Crippen molar-refractivity contribution >= 4 is 23.3 Å². The smallest absolute Gasteiger partial charge is 0.0676 e. The molecule has 3 aromatic carbocycles. The summed E-state index contributed by atoms with van der Waals surface area (Å²) in [4.78, 5) is 4.83. The largest absolute Gasteiger partial charge is 0.279 e. The summed E-state index contributed by atoms with van der Waals surface area (Å²) in [6.45, 7) is 0. The molecule has 1 atom stereocenters. The van der Waals surface area contributed by atoms with E-state index in [9.17, 15) is 0 Å². The average molecular weight is 311 g/mol. The highest BCUT2D eigenvalue weighted by Gasteiger charge is 2.26. The van der Waals surface area contributed by atoms with E-state index >= 15 is 0 Å². The molecule has 0 saturated carbocycles. The third-order valence-corrected chi connectivity index (χ3v) is 4.07. The van der Waals surface area contributed by atoms with Gasteiger partial charge in [0.1, 0.15) is 0 Å². The number of benzene rings is 3. The van der Waals surface area contributed by atoms with E-state index in [0.29, 0.717) is 0 Å². The lowest BCUT2D eigenvalue weighted by Gasteiger charge is -2.10. The average Bonchev–Trinajstić information content (AvgIpc) is 3.02. The molecule has 24 heavy (non-hydrogen) atoms. The van der Waals surface area contributed by atoms with E-state index in [1.54, 1.807) is 0 Å². The highest BCUT2D eigenvalue weighted by molar-refractivity contribution is 6.17. The van der Waals surface area contributed by atoms with Crippen LogP contribution < -0.4 is 5.43 Å². The summed E-state index contributed by atoms with van der Waals surface area (Å²) in [5, 5.41) is 4.44. The molecule has 1 N–H and O–H groups in total. The zero-order valence-corrected chi connectivity index (χ0v) is 13.1. The molecule has 3 heteroatoms. The van der Waals surface area contributed by atoms with Crippen molar-refractivity contribution in [2.45, 2.75) is 5.92 Å². The summed E-state index contributed by atoms with van der Waals surface area (Å²) in [5.74, 6) is 0.0554. The fourth-order valence-corrected chi connectivity index (χ4v) is 2.90. The highest BCUT2D eigenvalue weighted by Crippen LogP contribution is 2.36. The maximum absolute atomic E-state index is 4.83. The second-order valence-electron chi connectivity index (χ2n) is 5.66. The number of hydrogen-bond donors (Lipinski definition) is 1. The zero-order chi connectivity index (χ0) is 16.2. The minimum absolute atomic E-state index is 0.0554. The van der Waals surface area contributed by atoms with Crippen molar-refractivity contribution in [2.24, 2.45) is 10.1 Å². The summed E-state index contributed by atoms with van der Waals surface area (Å²) in [6, 6.07) is 28.5. The Hall–Kier alpha value is -3.20. The minimum Gasteiger partial charge on any atom is -0.279 e. The molecular weight excluding hydrogens is 294 g/mol. The van der Waals surface area contributed by atoms with Crippen molar-refractivity contribution in [3.05, 3.63) is 96.1 Å². The molecular formula is C21H17N3. The minimum atomic E-state index is 0.0554. The van der Waals surface area contributed by atoms with Crippen LogP contribution in [0.5, 0.6) is 0 Å². The van der Waals surface area contributed by atoms with Crippen LogP contribution in [0.25, 0.3) is 0 Å². The summed E-state index contributed by atoms with van der Waals surface area (Å²) < 4.78 is 0. The van der Waals surface area contributed by atoms with Crippen molar-refractivity contribution in [3.63, 3.8) is 0 Å². The van der Waals surface area contributed by atoms with Crippen LogP contribution >= 0.6 is 0 Å². The molecule has 0 radical (unpaired) electrons. The quantitative estimate of drug-likeness (QED) is 0.534. The molecule has 1 aliphatic heterocycles. The number of anilines is 1. The summed E-state index contributed by atoms with van der Waals surface area (Å²) in [6.07, 6.45) is 1.94. The van der Waals surface area contributed by atoms with Gasteiger partial charge in [0.25, 0.3) is 0 Å². The normalized spacial score (nSPS) is 16.0. The van der Waals surface area contributed by atoms with E-state index in [-0.39, 0.29) is 5.92 Å². The van der Waals surface area contributed by atoms with E-state index in [2.05, 4.69) is 34.8 Å². The Bertz CT molecular complexity index is 883. The molecule has 0 bridgehead atoms. The van der Waals surface area contributed by atoms with Crippen molar-refractivity contribution < 1.29 is 0 Å². The van der Waals surface area contributed by atoms with Crippen molar-refractivity contribution in [1.29, 1.82) is 0 Å². The first-order chi connectivity index (χ1) is 11.9. The Morgan fingerprint density at radius 2 is 1.46 bits per heavy atom. The highest BCUT2D eigenvalue weighted by atomic mass is 15.3. The number of para-hydroxylation sites is 2. The van der Waals surface area contributed by atoms with E-state index in [1.807, 2.05) is 66.9 Å². The number of nitrogens with one attached hydrogen (secondary N) is 1. The van der Waals surface area contributed by atoms with Crippen LogP contribution in [0, 0.1) is 0 Å². The summed E-state index contributed by atoms with van der Waals surface area (Å²) >= 11 is 0. The van der Waals surface area contributed by atoms with Gasteiger partial charge in [-0.05, 0) is 29.3 Å². The first-order valence-electron chi connectivity index (χ1n) is 7.99. The molecule has 0 saturated heterocycles. The Balaban J connectivity index is 1.64. The van der Waals surface area contributed by atoms with E-state index in [0.717, 1.165) is 22.6 Å². The second-order valence-corrected chi connectivity index (χ2v) is 5.66. The topological polar surface area (TPSA) is 36.8 Å². The van der Waals surface area contributed by atoms with Crippen LogP contribution in [0.3, 0.4) is 0 Å². The van der Waals surface area contributed by atoms with Gasteiger partial charge in [-0.15, -0.1) is 0 Å². The molecule has 0 aliphatic carbocycles. The van der Waals surface area contributed by atoms with Gasteiger partial charge in [-0.3, -0.25) is 10.4 Å². The number of rotatable bonds is 4. The monoisotopic (exact) mass is 311 g/mol. The molecule has 116 valence electrons. The molecule has 0 amide bonds. The second kappa shape index (κ2) is 6.50. The standard InChI is InChI=1S/C21H17N3/c1-3-9-16(10-4-1)21-19(18-13-7-8-14-20(18)23-21)15-22-24-17-11-5-2-6-12-17/h1-15,19,24H/b22-15-/t19-/m1/s1. The van der Waals surface area contributed by atoms with Crippen LogP contribution in [-0.2, 0) is 0 Å². The maximum Gasteiger partial charge on any atom is 0.0676 e. The molecule has 1 heterocycles. The summed E-state index contributed by atoms with van der Waals surface area (Å²) in [5.41, 5.74) is 8.44. The Kier molecular flexibility index (Phi) is 3.90. The lowest BCUT2D eigenvalue weighted by atomic mass is 9.93. The van der Waals surface area contributed by atoms with Gasteiger partial charge in [-0.25, -0.2) is 0 Å². The SMILES string of the molecule is C(=N/Nc1ccccc1)/[C@H]1C(c2ccccc2)=Nc2ccccc21. The van der Waals surface area contributed by atoms with Crippen LogP contribution in [0.1, 0.15) is 17.0 Å². The third-order valence-electron chi connectivity index (χ3n) is 4.07. The van der Waals surface area contributed by atoms with Gasteiger partial charge in [0.05, 0.1) is 23.0 Å². The van der Waals surface area contributed by atoms with Gasteiger partial charge in [0.15, 0.2) is 0 Å². The molecule has 1 aliphatic rings. The third kappa shape index (κ3) is 2.84. The molecule has 3 nitrogen and oxygen atoms in total. The maximum atomic E-state index is 4.83. The van der Waals surface area contributed by atoms with Gasteiger partial charge in [-0.1, -0.05) is 66.7 Å². The number of hydrogen-bond acceptors (Lipinski definition) is 3. The Labute approximate surface area is 141 Å². The predicted octanol–water partition coefficient (Wildman–Crippen LogP) is 5.00. The lowest BCUT2D eigenvalue weighted by Crippen LogP contribution is -2.12. The fourth-order valence-electron chi connectivity index (χ4n) is 2.90. The van der Waals surface area contributed by atoms with Gasteiger partial charge in [0.2, 0.25) is 0 Å². The van der Waals surface area contributed by atoms with Gasteiger partial charge >= 0.3 is 0 Å². The molecule has 3 aromatic rings. The molecule has 0 aromatic heterocycles. The first-order valence-corrected chi connectivity index (χ1v) is 7.99. The van der Waals surface area contributed by atoms with Gasteiger partial charge in [-0.2, -0.15) is 5.10 Å². The van der Waals surface area contributed by atoms with Crippen molar-refractivity contribution in [3.8, 4) is 0 Å². The van der Waals surface area contributed by atoms with Crippen molar-refractivity contribution in [1.82, 2.24) is 0 Å². The molecule has 0 fully saturated rings. The Morgan fingerprint density at radius 1 is 0.792 bits per heavy atom. The van der Waals surface area contributed by atoms with E-state index in [1.165, 1.54) is 5.56 Å².